The summed E-state index contributed by atoms with van der Waals surface area (Å²) in [7, 11) is 2.11. The van der Waals surface area contributed by atoms with E-state index in [1.54, 1.807) is 0 Å². The SMILES string of the molecule is CCCNC(C)(C#N)CN(C)C(CC)CC. The van der Waals surface area contributed by atoms with E-state index in [0.29, 0.717) is 6.04 Å². The van der Waals surface area contributed by atoms with E-state index in [1.807, 2.05) is 6.92 Å². The molecule has 0 spiro atoms. The lowest BCUT2D eigenvalue weighted by atomic mass is 10.0. The van der Waals surface area contributed by atoms with E-state index in [1.165, 1.54) is 0 Å². The standard InChI is InChI=1S/C13H27N3/c1-6-9-15-13(4,10-14)11-16(5)12(7-2)8-3/h12,15H,6-9,11H2,1-5H3. The van der Waals surface area contributed by atoms with Gasteiger partial charge in [-0.3, -0.25) is 5.32 Å². The number of rotatable bonds is 8. The highest BCUT2D eigenvalue weighted by atomic mass is 15.2. The van der Waals surface area contributed by atoms with Gasteiger partial charge in [-0.1, -0.05) is 20.8 Å². The quantitative estimate of drug-likeness (QED) is 0.689. The molecular weight excluding hydrogens is 198 g/mol. The number of nitrogens with zero attached hydrogens (tertiary/aromatic N) is 2. The van der Waals surface area contributed by atoms with Crippen molar-refractivity contribution in [2.45, 2.75) is 58.5 Å². The summed E-state index contributed by atoms with van der Waals surface area (Å²) in [6.07, 6.45) is 3.34. The number of likely N-dealkylation sites (N-methyl/N-ethyl adjacent to an activating group) is 1. The van der Waals surface area contributed by atoms with Crippen molar-refractivity contribution in [3.05, 3.63) is 0 Å². The Morgan fingerprint density at radius 1 is 1.31 bits per heavy atom. The smallest absolute Gasteiger partial charge is 0.116 e. The highest BCUT2D eigenvalue weighted by Gasteiger charge is 2.26. The molecule has 0 bridgehead atoms. The van der Waals surface area contributed by atoms with Crippen molar-refractivity contribution in [1.82, 2.24) is 10.2 Å². The molecule has 94 valence electrons. The van der Waals surface area contributed by atoms with E-state index >= 15 is 0 Å². The fourth-order valence-corrected chi connectivity index (χ4v) is 2.07. The van der Waals surface area contributed by atoms with Crippen LogP contribution in [-0.2, 0) is 0 Å². The van der Waals surface area contributed by atoms with Crippen molar-refractivity contribution >= 4 is 0 Å². The van der Waals surface area contributed by atoms with Gasteiger partial charge in [0.1, 0.15) is 5.54 Å². The van der Waals surface area contributed by atoms with Crippen molar-refractivity contribution < 1.29 is 0 Å². The molecule has 0 saturated heterocycles. The zero-order valence-corrected chi connectivity index (χ0v) is 11.5. The van der Waals surface area contributed by atoms with Crippen LogP contribution in [0.4, 0.5) is 0 Å². The van der Waals surface area contributed by atoms with E-state index in [0.717, 1.165) is 32.4 Å². The van der Waals surface area contributed by atoms with Gasteiger partial charge in [-0.15, -0.1) is 0 Å². The molecule has 0 aromatic rings. The predicted octanol–water partition coefficient (Wildman–Crippen LogP) is 2.39. The van der Waals surface area contributed by atoms with E-state index in [9.17, 15) is 5.26 Å². The zero-order chi connectivity index (χ0) is 12.6. The maximum atomic E-state index is 9.25. The molecule has 0 rings (SSSR count). The molecule has 1 unspecified atom stereocenters. The van der Waals surface area contributed by atoms with Gasteiger partial charge in [0, 0.05) is 12.6 Å². The van der Waals surface area contributed by atoms with Crippen LogP contribution in [0, 0.1) is 11.3 Å². The summed E-state index contributed by atoms with van der Waals surface area (Å²) in [6.45, 7) is 10.2. The van der Waals surface area contributed by atoms with E-state index in [2.05, 4.69) is 44.1 Å². The van der Waals surface area contributed by atoms with Crippen LogP contribution >= 0.6 is 0 Å². The number of hydrogen-bond acceptors (Lipinski definition) is 3. The molecule has 0 aromatic carbocycles. The summed E-state index contributed by atoms with van der Waals surface area (Å²) in [4.78, 5) is 2.30. The highest BCUT2D eigenvalue weighted by Crippen LogP contribution is 2.11. The molecule has 3 nitrogen and oxygen atoms in total. The molecular formula is C13H27N3. The Kier molecular flexibility index (Phi) is 7.36. The lowest BCUT2D eigenvalue weighted by molar-refractivity contribution is 0.188. The molecule has 0 aliphatic rings. The lowest BCUT2D eigenvalue weighted by Gasteiger charge is -2.33. The van der Waals surface area contributed by atoms with Crippen LogP contribution < -0.4 is 5.32 Å². The van der Waals surface area contributed by atoms with E-state index in [-0.39, 0.29) is 0 Å². The van der Waals surface area contributed by atoms with Crippen LogP contribution in [0.3, 0.4) is 0 Å². The Morgan fingerprint density at radius 2 is 1.88 bits per heavy atom. The first-order valence-corrected chi connectivity index (χ1v) is 6.39. The maximum absolute atomic E-state index is 9.25. The molecule has 0 aliphatic heterocycles. The Morgan fingerprint density at radius 3 is 2.25 bits per heavy atom. The first-order chi connectivity index (χ1) is 7.52. The van der Waals surface area contributed by atoms with Gasteiger partial charge in [-0.05, 0) is 39.8 Å². The van der Waals surface area contributed by atoms with Gasteiger partial charge in [0.2, 0.25) is 0 Å². The Balaban J connectivity index is 4.35. The van der Waals surface area contributed by atoms with Crippen molar-refractivity contribution in [2.24, 2.45) is 0 Å². The highest BCUT2D eigenvalue weighted by molar-refractivity contribution is 5.05. The van der Waals surface area contributed by atoms with Crippen LogP contribution in [-0.4, -0.2) is 36.6 Å². The molecule has 0 saturated carbocycles. The molecule has 0 aliphatic carbocycles. The molecule has 0 radical (unpaired) electrons. The molecule has 0 aromatic heterocycles. The van der Waals surface area contributed by atoms with Crippen LogP contribution in [0.5, 0.6) is 0 Å². The Bertz CT molecular complexity index is 218. The second-order valence-electron chi connectivity index (χ2n) is 4.76. The second kappa shape index (κ2) is 7.65. The minimum absolute atomic E-state index is 0.423. The number of hydrogen-bond donors (Lipinski definition) is 1. The third kappa shape index (κ3) is 4.96. The Labute approximate surface area is 101 Å². The fraction of sp³-hybridized carbons (Fsp3) is 0.923. The lowest BCUT2D eigenvalue weighted by Crippen LogP contribution is -2.51. The summed E-state index contributed by atoms with van der Waals surface area (Å²) >= 11 is 0. The Hall–Kier alpha value is -0.590. The van der Waals surface area contributed by atoms with E-state index in [4.69, 9.17) is 0 Å². The van der Waals surface area contributed by atoms with Crippen LogP contribution in [0.1, 0.15) is 47.0 Å². The van der Waals surface area contributed by atoms with Gasteiger partial charge in [0.05, 0.1) is 6.07 Å². The average Bonchev–Trinajstić information content (AvgIpc) is 2.28. The number of nitriles is 1. The van der Waals surface area contributed by atoms with Crippen molar-refractivity contribution in [3.63, 3.8) is 0 Å². The summed E-state index contributed by atoms with van der Waals surface area (Å²) < 4.78 is 0. The summed E-state index contributed by atoms with van der Waals surface area (Å²) in [5.74, 6) is 0. The van der Waals surface area contributed by atoms with E-state index < -0.39 is 5.54 Å². The molecule has 0 fully saturated rings. The summed E-state index contributed by atoms with van der Waals surface area (Å²) in [5, 5.41) is 12.6. The minimum atomic E-state index is -0.423. The third-order valence-corrected chi connectivity index (χ3v) is 3.14. The van der Waals surface area contributed by atoms with Gasteiger partial charge >= 0.3 is 0 Å². The van der Waals surface area contributed by atoms with Crippen LogP contribution in [0.25, 0.3) is 0 Å². The zero-order valence-electron chi connectivity index (χ0n) is 11.5. The van der Waals surface area contributed by atoms with Gasteiger partial charge in [0.25, 0.3) is 0 Å². The first-order valence-electron chi connectivity index (χ1n) is 6.39. The maximum Gasteiger partial charge on any atom is 0.116 e. The minimum Gasteiger partial charge on any atom is -0.301 e. The topological polar surface area (TPSA) is 39.1 Å². The van der Waals surface area contributed by atoms with Crippen molar-refractivity contribution in [3.8, 4) is 6.07 Å². The molecule has 1 atom stereocenters. The largest absolute Gasteiger partial charge is 0.301 e. The summed E-state index contributed by atoms with van der Waals surface area (Å²) in [5.41, 5.74) is -0.423. The predicted molar refractivity (Wildman–Crippen MR) is 69.3 cm³/mol. The number of nitrogens with one attached hydrogen (secondary N) is 1. The normalized spacial score (nSPS) is 15.1. The van der Waals surface area contributed by atoms with Gasteiger partial charge in [0.15, 0.2) is 0 Å². The molecule has 1 N–H and O–H groups in total. The molecule has 3 heteroatoms. The van der Waals surface area contributed by atoms with Crippen LogP contribution in [0.15, 0.2) is 0 Å². The molecule has 0 heterocycles. The fourth-order valence-electron chi connectivity index (χ4n) is 2.07. The first kappa shape index (κ1) is 15.4. The van der Waals surface area contributed by atoms with Crippen molar-refractivity contribution in [1.29, 1.82) is 5.26 Å². The summed E-state index contributed by atoms with van der Waals surface area (Å²) in [6, 6.07) is 2.97. The molecule has 16 heavy (non-hydrogen) atoms. The van der Waals surface area contributed by atoms with Gasteiger partial charge in [-0.2, -0.15) is 5.26 Å². The monoisotopic (exact) mass is 225 g/mol. The molecule has 0 amide bonds. The van der Waals surface area contributed by atoms with Crippen molar-refractivity contribution in [2.75, 3.05) is 20.1 Å². The van der Waals surface area contributed by atoms with Crippen LogP contribution in [0.2, 0.25) is 0 Å². The second-order valence-corrected chi connectivity index (χ2v) is 4.76. The third-order valence-electron chi connectivity index (χ3n) is 3.14. The van der Waals surface area contributed by atoms with Gasteiger partial charge in [-0.25, -0.2) is 0 Å². The van der Waals surface area contributed by atoms with Gasteiger partial charge < -0.3 is 4.90 Å². The average molecular weight is 225 g/mol.